The summed E-state index contributed by atoms with van der Waals surface area (Å²) in [5, 5.41) is 3.39. The Morgan fingerprint density at radius 2 is 1.88 bits per heavy atom. The van der Waals surface area contributed by atoms with E-state index in [0.29, 0.717) is 6.04 Å². The lowest BCUT2D eigenvalue weighted by Crippen LogP contribution is -2.14. The van der Waals surface area contributed by atoms with Crippen molar-refractivity contribution < 1.29 is 0 Å². The number of benzene rings is 1. The van der Waals surface area contributed by atoms with Crippen LogP contribution in [-0.2, 0) is 0 Å². The third-order valence-electron chi connectivity index (χ3n) is 2.95. The van der Waals surface area contributed by atoms with Crippen LogP contribution in [0, 0.1) is 0 Å². The zero-order valence-electron chi connectivity index (χ0n) is 10.4. The highest BCUT2D eigenvalue weighted by atomic mass is 32.1. The van der Waals surface area contributed by atoms with Crippen molar-refractivity contribution in [1.82, 2.24) is 5.32 Å². The minimum Gasteiger partial charge on any atom is -0.312 e. The van der Waals surface area contributed by atoms with Crippen LogP contribution in [0.15, 0.2) is 42.5 Å². The molecule has 0 radical (unpaired) electrons. The molecule has 1 aromatic heterocycles. The zero-order chi connectivity index (χ0) is 12.1. The summed E-state index contributed by atoms with van der Waals surface area (Å²) in [6, 6.07) is 15.6. The molecule has 1 aromatic carbocycles. The van der Waals surface area contributed by atoms with Crippen LogP contribution in [0.2, 0.25) is 0 Å². The fourth-order valence-electron chi connectivity index (χ4n) is 2.02. The summed E-state index contributed by atoms with van der Waals surface area (Å²) in [5.41, 5.74) is 1.31. The second-order valence-electron chi connectivity index (χ2n) is 4.20. The smallest absolute Gasteiger partial charge is 0.0412 e. The summed E-state index contributed by atoms with van der Waals surface area (Å²) >= 11 is 1.90. The average Bonchev–Trinajstić information content (AvgIpc) is 2.86. The average molecular weight is 245 g/mol. The lowest BCUT2D eigenvalue weighted by molar-refractivity contribution is 0.550. The van der Waals surface area contributed by atoms with Gasteiger partial charge in [0.1, 0.15) is 0 Å². The van der Waals surface area contributed by atoms with E-state index in [-0.39, 0.29) is 0 Å². The van der Waals surface area contributed by atoms with Crippen LogP contribution in [0.25, 0.3) is 10.4 Å². The first-order chi connectivity index (χ1) is 8.35. The molecule has 90 valence electrons. The lowest BCUT2D eigenvalue weighted by atomic mass is 10.1. The van der Waals surface area contributed by atoms with Crippen molar-refractivity contribution in [2.24, 2.45) is 0 Å². The highest BCUT2D eigenvalue weighted by Crippen LogP contribution is 2.32. The van der Waals surface area contributed by atoms with Gasteiger partial charge in [-0.05, 0) is 31.2 Å². The number of hydrogen-bond acceptors (Lipinski definition) is 2. The molecule has 0 spiro atoms. The van der Waals surface area contributed by atoms with Crippen molar-refractivity contribution in [2.75, 3.05) is 7.05 Å². The SMILES string of the molecule is CCCC(NC)c1ccc(-c2ccccc2)s1. The first-order valence-corrected chi connectivity index (χ1v) is 6.99. The maximum absolute atomic E-state index is 3.39. The molecule has 2 rings (SSSR count). The van der Waals surface area contributed by atoms with E-state index in [2.05, 4.69) is 54.7 Å². The summed E-state index contributed by atoms with van der Waals surface area (Å²) in [6.07, 6.45) is 2.41. The third kappa shape index (κ3) is 2.96. The second-order valence-corrected chi connectivity index (χ2v) is 5.31. The Labute approximate surface area is 108 Å². The Morgan fingerprint density at radius 1 is 1.12 bits per heavy atom. The Bertz CT molecular complexity index is 447. The van der Waals surface area contributed by atoms with Gasteiger partial charge in [0.2, 0.25) is 0 Å². The maximum Gasteiger partial charge on any atom is 0.0412 e. The van der Waals surface area contributed by atoms with Crippen LogP contribution in [0.4, 0.5) is 0 Å². The molecule has 1 unspecified atom stereocenters. The molecular formula is C15H19NS. The van der Waals surface area contributed by atoms with E-state index in [1.807, 2.05) is 18.4 Å². The van der Waals surface area contributed by atoms with Gasteiger partial charge in [-0.15, -0.1) is 11.3 Å². The predicted octanol–water partition coefficient (Wildman–Crippen LogP) is 4.48. The second kappa shape index (κ2) is 5.99. The molecule has 0 saturated carbocycles. The number of nitrogens with one attached hydrogen (secondary N) is 1. The summed E-state index contributed by atoms with van der Waals surface area (Å²) < 4.78 is 0. The van der Waals surface area contributed by atoms with Gasteiger partial charge in [-0.2, -0.15) is 0 Å². The maximum atomic E-state index is 3.39. The first kappa shape index (κ1) is 12.3. The van der Waals surface area contributed by atoms with Crippen molar-refractivity contribution in [2.45, 2.75) is 25.8 Å². The molecule has 0 bridgehead atoms. The van der Waals surface area contributed by atoms with Crippen molar-refractivity contribution in [1.29, 1.82) is 0 Å². The first-order valence-electron chi connectivity index (χ1n) is 6.17. The molecule has 1 nitrogen and oxygen atoms in total. The fourth-order valence-corrected chi connectivity index (χ4v) is 3.17. The lowest BCUT2D eigenvalue weighted by Gasteiger charge is -2.12. The topological polar surface area (TPSA) is 12.0 Å². The quantitative estimate of drug-likeness (QED) is 0.819. The van der Waals surface area contributed by atoms with E-state index in [0.717, 1.165) is 0 Å². The van der Waals surface area contributed by atoms with E-state index in [4.69, 9.17) is 0 Å². The minimum absolute atomic E-state index is 0.502. The van der Waals surface area contributed by atoms with E-state index in [9.17, 15) is 0 Å². The highest BCUT2D eigenvalue weighted by molar-refractivity contribution is 7.15. The summed E-state index contributed by atoms with van der Waals surface area (Å²) in [5.74, 6) is 0. The Morgan fingerprint density at radius 3 is 2.53 bits per heavy atom. The number of thiophene rings is 1. The summed E-state index contributed by atoms with van der Waals surface area (Å²) in [4.78, 5) is 2.80. The molecule has 0 aliphatic heterocycles. The molecule has 17 heavy (non-hydrogen) atoms. The van der Waals surface area contributed by atoms with Gasteiger partial charge in [-0.1, -0.05) is 43.7 Å². The third-order valence-corrected chi connectivity index (χ3v) is 4.20. The fraction of sp³-hybridized carbons (Fsp3) is 0.333. The highest BCUT2D eigenvalue weighted by Gasteiger charge is 2.11. The molecule has 2 aromatic rings. The Kier molecular flexibility index (Phi) is 4.35. The molecule has 1 N–H and O–H groups in total. The largest absolute Gasteiger partial charge is 0.312 e. The van der Waals surface area contributed by atoms with Gasteiger partial charge in [-0.3, -0.25) is 0 Å². The van der Waals surface area contributed by atoms with Gasteiger partial charge in [-0.25, -0.2) is 0 Å². The summed E-state index contributed by atoms with van der Waals surface area (Å²) in [7, 11) is 2.04. The van der Waals surface area contributed by atoms with E-state index in [1.165, 1.54) is 28.2 Å². The monoisotopic (exact) mass is 245 g/mol. The van der Waals surface area contributed by atoms with Crippen LogP contribution in [0.5, 0.6) is 0 Å². The minimum atomic E-state index is 0.502. The zero-order valence-corrected chi connectivity index (χ0v) is 11.3. The van der Waals surface area contributed by atoms with Gasteiger partial charge in [0.05, 0.1) is 0 Å². The molecule has 0 amide bonds. The van der Waals surface area contributed by atoms with Crippen LogP contribution in [-0.4, -0.2) is 7.05 Å². The molecule has 1 atom stereocenters. The van der Waals surface area contributed by atoms with Crippen molar-refractivity contribution in [3.8, 4) is 10.4 Å². The molecule has 1 heterocycles. The van der Waals surface area contributed by atoms with E-state index in [1.54, 1.807) is 0 Å². The molecule has 0 saturated heterocycles. The van der Waals surface area contributed by atoms with Crippen LogP contribution in [0.3, 0.4) is 0 Å². The van der Waals surface area contributed by atoms with E-state index >= 15 is 0 Å². The van der Waals surface area contributed by atoms with Gasteiger partial charge in [0.25, 0.3) is 0 Å². The van der Waals surface area contributed by atoms with Crippen molar-refractivity contribution >= 4 is 11.3 Å². The molecule has 0 fully saturated rings. The molecular weight excluding hydrogens is 226 g/mol. The normalized spacial score (nSPS) is 12.6. The summed E-state index contributed by atoms with van der Waals surface area (Å²) in [6.45, 7) is 2.23. The van der Waals surface area contributed by atoms with Gasteiger partial charge >= 0.3 is 0 Å². The van der Waals surface area contributed by atoms with E-state index < -0.39 is 0 Å². The van der Waals surface area contributed by atoms with Gasteiger partial charge in [0.15, 0.2) is 0 Å². The molecule has 2 heteroatoms. The van der Waals surface area contributed by atoms with Gasteiger partial charge in [0, 0.05) is 15.8 Å². The number of hydrogen-bond donors (Lipinski definition) is 1. The van der Waals surface area contributed by atoms with Crippen LogP contribution >= 0.6 is 11.3 Å². The van der Waals surface area contributed by atoms with Crippen molar-refractivity contribution in [3.63, 3.8) is 0 Å². The Hall–Kier alpha value is -1.12. The van der Waals surface area contributed by atoms with Gasteiger partial charge < -0.3 is 5.32 Å². The Balaban J connectivity index is 2.21. The standard InChI is InChI=1S/C15H19NS/c1-3-7-13(16-2)15-11-10-14(17-15)12-8-5-4-6-9-12/h4-6,8-11,13,16H,3,7H2,1-2H3. The number of rotatable bonds is 5. The van der Waals surface area contributed by atoms with Crippen LogP contribution < -0.4 is 5.32 Å². The van der Waals surface area contributed by atoms with Crippen LogP contribution in [0.1, 0.15) is 30.7 Å². The molecule has 0 aliphatic carbocycles. The predicted molar refractivity (Wildman–Crippen MR) is 76.5 cm³/mol. The molecule has 0 aliphatic rings. The van der Waals surface area contributed by atoms with Crippen molar-refractivity contribution in [3.05, 3.63) is 47.3 Å².